The molecule has 0 amide bonds. The first kappa shape index (κ1) is 37.5. The van der Waals surface area contributed by atoms with E-state index in [1.807, 2.05) is 34.0 Å². The van der Waals surface area contributed by atoms with E-state index >= 15 is 0 Å². The number of rotatable bonds is 4. The number of hydrogen-bond acceptors (Lipinski definition) is 3. The fourth-order valence-electron chi connectivity index (χ4n) is 11.4. The van der Waals surface area contributed by atoms with Gasteiger partial charge in [0, 0.05) is 60.5 Å². The topological polar surface area (TPSA) is 0 Å². The predicted molar refractivity (Wildman–Crippen MR) is 297 cm³/mol. The van der Waals surface area contributed by atoms with Crippen molar-refractivity contribution in [2.45, 2.75) is 0 Å². The standard InChI is InChI=1S/C64H36S3/c1-3-18-46-44(16-1)60(37-28-31-42-40-14-9-11-25-54(40)65-57(42)34-37)45-17-2-4-19-47(45)61(46)39-30-33-52-59(36-39)67-56-27-13-24-53(64(52)56)63-50-22-7-5-20-48(50)62(49-21-6-8-23-51(49)63)38-29-32-43-41-15-10-12-26-55(41)66-58(43)35-38/h1-36H. The molecule has 0 saturated heterocycles. The summed E-state index contributed by atoms with van der Waals surface area (Å²) in [6, 6.07) is 82.2. The zero-order valence-corrected chi connectivity index (χ0v) is 38.5. The maximum absolute atomic E-state index is 2.46. The van der Waals surface area contributed by atoms with Crippen LogP contribution in [0.25, 0.3) is 148 Å². The Hall–Kier alpha value is -7.66. The SMILES string of the molecule is c1ccc2c(c1)sc1cc(-c3c4ccccc4c(-c4ccc5c(c4)sc4cccc(-c6c7ccccc7c(-c7ccc8c(c7)sc7ccccc78)c7ccccc67)c45)c4ccccc34)ccc12. The van der Waals surface area contributed by atoms with Gasteiger partial charge in [-0.15, -0.1) is 34.0 Å². The van der Waals surface area contributed by atoms with E-state index in [9.17, 15) is 0 Å². The predicted octanol–water partition coefficient (Wildman–Crippen LogP) is 20.1. The first-order chi connectivity index (χ1) is 33.2. The summed E-state index contributed by atoms with van der Waals surface area (Å²) in [5, 5.41) is 18.2. The molecule has 0 N–H and O–H groups in total. The molecular formula is C64H36S3. The minimum absolute atomic E-state index is 1.25. The first-order valence-corrected chi connectivity index (χ1v) is 25.3. The first-order valence-electron chi connectivity index (χ1n) is 22.9. The van der Waals surface area contributed by atoms with E-state index in [0.29, 0.717) is 0 Å². The summed E-state index contributed by atoms with van der Waals surface area (Å²) in [4.78, 5) is 0. The van der Waals surface area contributed by atoms with E-state index in [1.54, 1.807) is 0 Å². The molecule has 3 heterocycles. The van der Waals surface area contributed by atoms with Gasteiger partial charge in [-0.25, -0.2) is 0 Å². The molecule has 0 atom stereocenters. The van der Waals surface area contributed by atoms with Gasteiger partial charge in [0.1, 0.15) is 0 Å². The minimum Gasteiger partial charge on any atom is -0.135 e. The van der Waals surface area contributed by atoms with E-state index < -0.39 is 0 Å². The molecule has 3 heteroatoms. The van der Waals surface area contributed by atoms with Crippen LogP contribution < -0.4 is 0 Å². The van der Waals surface area contributed by atoms with Crippen LogP contribution in [0.2, 0.25) is 0 Å². The third-order valence-corrected chi connectivity index (χ3v) is 17.6. The van der Waals surface area contributed by atoms with Crippen LogP contribution in [0.4, 0.5) is 0 Å². The molecule has 0 aliphatic carbocycles. The van der Waals surface area contributed by atoms with Crippen molar-refractivity contribution in [1.29, 1.82) is 0 Å². The number of benzene rings is 12. The molecule has 0 spiro atoms. The number of fused-ring (bicyclic) bond motifs is 13. The Morgan fingerprint density at radius 2 is 0.493 bits per heavy atom. The highest BCUT2D eigenvalue weighted by molar-refractivity contribution is 7.26. The van der Waals surface area contributed by atoms with Gasteiger partial charge >= 0.3 is 0 Å². The van der Waals surface area contributed by atoms with Crippen molar-refractivity contribution in [2.75, 3.05) is 0 Å². The van der Waals surface area contributed by atoms with Gasteiger partial charge in [-0.3, -0.25) is 0 Å². The molecule has 3 aromatic heterocycles. The summed E-state index contributed by atoms with van der Waals surface area (Å²) in [5.41, 5.74) is 10.2. The monoisotopic (exact) mass is 900 g/mol. The molecule has 0 aliphatic rings. The van der Waals surface area contributed by atoms with Crippen molar-refractivity contribution < 1.29 is 0 Å². The Morgan fingerprint density at radius 1 is 0.194 bits per heavy atom. The van der Waals surface area contributed by atoms with Crippen LogP contribution in [0.15, 0.2) is 218 Å². The fourth-order valence-corrected chi connectivity index (χ4v) is 14.9. The average molecular weight is 901 g/mol. The van der Waals surface area contributed by atoms with E-state index in [1.165, 1.54) is 148 Å². The summed E-state index contributed by atoms with van der Waals surface area (Å²) < 4.78 is 7.92. The normalized spacial score (nSPS) is 12.2. The summed E-state index contributed by atoms with van der Waals surface area (Å²) in [6.07, 6.45) is 0. The smallest absolute Gasteiger partial charge is 0.0361 e. The molecule has 12 aromatic carbocycles. The quantitative estimate of drug-likeness (QED) is 0.154. The zero-order chi connectivity index (χ0) is 43.7. The Labute approximate surface area is 397 Å². The van der Waals surface area contributed by atoms with Gasteiger partial charge < -0.3 is 0 Å². The largest absolute Gasteiger partial charge is 0.135 e. The molecule has 0 bridgehead atoms. The highest BCUT2D eigenvalue weighted by Gasteiger charge is 2.22. The molecule has 67 heavy (non-hydrogen) atoms. The lowest BCUT2D eigenvalue weighted by molar-refractivity contribution is 1.70. The highest BCUT2D eigenvalue weighted by Crippen LogP contribution is 2.51. The third-order valence-electron chi connectivity index (χ3n) is 14.3. The molecule has 15 rings (SSSR count). The summed E-state index contributed by atoms with van der Waals surface area (Å²) in [5.74, 6) is 0. The van der Waals surface area contributed by atoms with Crippen molar-refractivity contribution in [3.05, 3.63) is 218 Å². The van der Waals surface area contributed by atoms with Gasteiger partial charge in [-0.05, 0) is 124 Å². The lowest BCUT2D eigenvalue weighted by Crippen LogP contribution is -1.91. The average Bonchev–Trinajstić information content (AvgIpc) is 4.07. The fraction of sp³-hybridized carbons (Fsp3) is 0. The highest BCUT2D eigenvalue weighted by atomic mass is 32.1. The van der Waals surface area contributed by atoms with Crippen LogP contribution in [-0.2, 0) is 0 Å². The molecule has 0 nitrogen and oxygen atoms in total. The molecular weight excluding hydrogens is 865 g/mol. The molecule has 15 aromatic rings. The van der Waals surface area contributed by atoms with Gasteiger partial charge in [0.2, 0.25) is 0 Å². The van der Waals surface area contributed by atoms with E-state index in [2.05, 4.69) is 218 Å². The lowest BCUT2D eigenvalue weighted by Gasteiger charge is -2.18. The number of hydrogen-bond donors (Lipinski definition) is 0. The maximum Gasteiger partial charge on any atom is 0.0361 e. The second kappa shape index (κ2) is 14.4. The Bertz CT molecular complexity index is 4460. The second-order valence-corrected chi connectivity index (χ2v) is 21.0. The van der Waals surface area contributed by atoms with Crippen LogP contribution in [0.1, 0.15) is 0 Å². The van der Waals surface area contributed by atoms with Gasteiger partial charge in [0.15, 0.2) is 0 Å². The third kappa shape index (κ3) is 5.51. The molecule has 310 valence electrons. The lowest BCUT2D eigenvalue weighted by atomic mass is 9.84. The van der Waals surface area contributed by atoms with Crippen LogP contribution in [0, 0.1) is 0 Å². The Balaban J connectivity index is 0.928. The van der Waals surface area contributed by atoms with Crippen LogP contribution >= 0.6 is 34.0 Å². The number of thiophene rings is 3. The van der Waals surface area contributed by atoms with Gasteiger partial charge in [-0.1, -0.05) is 182 Å². The molecule has 0 fully saturated rings. The van der Waals surface area contributed by atoms with Crippen molar-refractivity contribution in [3.8, 4) is 44.5 Å². The molecule has 0 unspecified atom stereocenters. The zero-order valence-electron chi connectivity index (χ0n) is 36.0. The van der Waals surface area contributed by atoms with Gasteiger partial charge in [0.05, 0.1) is 0 Å². The second-order valence-electron chi connectivity index (χ2n) is 17.8. The molecule has 0 saturated carbocycles. The summed E-state index contributed by atoms with van der Waals surface area (Å²) in [6.45, 7) is 0. The van der Waals surface area contributed by atoms with Crippen LogP contribution in [0.3, 0.4) is 0 Å². The maximum atomic E-state index is 2.46. The van der Waals surface area contributed by atoms with Crippen molar-refractivity contribution >= 4 is 138 Å². The minimum atomic E-state index is 1.25. The van der Waals surface area contributed by atoms with Crippen molar-refractivity contribution in [2.24, 2.45) is 0 Å². The van der Waals surface area contributed by atoms with Crippen molar-refractivity contribution in [3.63, 3.8) is 0 Å². The van der Waals surface area contributed by atoms with Crippen molar-refractivity contribution in [1.82, 2.24) is 0 Å². The Morgan fingerprint density at radius 3 is 0.910 bits per heavy atom. The van der Waals surface area contributed by atoms with E-state index in [-0.39, 0.29) is 0 Å². The van der Waals surface area contributed by atoms with Gasteiger partial charge in [0.25, 0.3) is 0 Å². The molecule has 0 radical (unpaired) electrons. The molecule has 0 aliphatic heterocycles. The van der Waals surface area contributed by atoms with E-state index in [0.717, 1.165) is 0 Å². The van der Waals surface area contributed by atoms with E-state index in [4.69, 9.17) is 0 Å². The van der Waals surface area contributed by atoms with Crippen LogP contribution in [0.5, 0.6) is 0 Å². The summed E-state index contributed by atoms with van der Waals surface area (Å²) in [7, 11) is 0. The Kier molecular flexibility index (Phi) is 8.08. The summed E-state index contributed by atoms with van der Waals surface area (Å²) >= 11 is 5.68. The van der Waals surface area contributed by atoms with Crippen LogP contribution in [-0.4, -0.2) is 0 Å². The van der Waals surface area contributed by atoms with Gasteiger partial charge in [-0.2, -0.15) is 0 Å².